The number of fused-ring (bicyclic) bond motifs is 1. The second-order valence-electron chi connectivity index (χ2n) is 7.28. The summed E-state index contributed by atoms with van der Waals surface area (Å²) in [6.07, 6.45) is 0.669. The number of hydrogen-bond donors (Lipinski definition) is 2. The molecule has 162 valence electrons. The number of anilines is 2. The molecule has 0 aliphatic heterocycles. The lowest BCUT2D eigenvalue weighted by molar-refractivity contribution is -0.116. The average Bonchev–Trinajstić information content (AvgIpc) is 3.22. The minimum Gasteiger partial charge on any atom is -0.436 e. The lowest BCUT2D eigenvalue weighted by Crippen LogP contribution is -2.24. The first-order valence-electron chi connectivity index (χ1n) is 10.3. The van der Waals surface area contributed by atoms with Crippen molar-refractivity contribution in [2.24, 2.45) is 0 Å². The number of carbonyl (C=O) groups is 2. The van der Waals surface area contributed by atoms with E-state index in [0.717, 1.165) is 21.6 Å². The largest absolute Gasteiger partial charge is 0.436 e. The molecule has 0 bridgehead atoms. The van der Waals surface area contributed by atoms with Gasteiger partial charge >= 0.3 is 0 Å². The Kier molecular flexibility index (Phi) is 6.56. The molecule has 32 heavy (non-hydrogen) atoms. The first-order chi connectivity index (χ1) is 15.5. The van der Waals surface area contributed by atoms with E-state index in [1.54, 1.807) is 0 Å². The zero-order valence-electron chi connectivity index (χ0n) is 17.8. The van der Waals surface area contributed by atoms with E-state index < -0.39 is 0 Å². The van der Waals surface area contributed by atoms with Crippen LogP contribution in [0.25, 0.3) is 22.6 Å². The van der Waals surface area contributed by atoms with Crippen molar-refractivity contribution in [1.82, 2.24) is 4.98 Å². The molecule has 4 aromatic rings. The van der Waals surface area contributed by atoms with E-state index in [1.807, 2.05) is 79.7 Å². The Morgan fingerprint density at radius 2 is 1.75 bits per heavy atom. The minimum atomic E-state index is -0.265. The van der Waals surface area contributed by atoms with E-state index in [2.05, 4.69) is 15.6 Å². The van der Waals surface area contributed by atoms with E-state index in [4.69, 9.17) is 4.42 Å². The Balaban J connectivity index is 1.42. The van der Waals surface area contributed by atoms with E-state index in [0.29, 0.717) is 23.7 Å². The molecule has 3 aromatic carbocycles. The molecule has 2 N–H and O–H groups in total. The van der Waals surface area contributed by atoms with Crippen LogP contribution in [0.2, 0.25) is 0 Å². The number of oxazole rings is 1. The number of nitrogens with zero attached hydrogens (tertiary/aromatic N) is 1. The van der Waals surface area contributed by atoms with Gasteiger partial charge in [-0.25, -0.2) is 4.98 Å². The molecule has 1 unspecified atom stereocenters. The van der Waals surface area contributed by atoms with Gasteiger partial charge in [-0.15, -0.1) is 11.8 Å². The number of hydrogen-bond acceptors (Lipinski definition) is 5. The smallest absolute Gasteiger partial charge is 0.237 e. The molecule has 0 spiro atoms. The summed E-state index contributed by atoms with van der Waals surface area (Å²) < 4.78 is 5.80. The third-order valence-corrected chi connectivity index (χ3v) is 6.15. The molecular weight excluding hydrogens is 422 g/mol. The van der Waals surface area contributed by atoms with Crippen LogP contribution in [0.4, 0.5) is 11.4 Å². The zero-order chi connectivity index (χ0) is 22.5. The maximum Gasteiger partial charge on any atom is 0.237 e. The predicted molar refractivity (Wildman–Crippen MR) is 129 cm³/mol. The fourth-order valence-corrected chi connectivity index (χ4v) is 4.26. The number of benzene rings is 3. The lowest BCUT2D eigenvalue weighted by Gasteiger charge is -2.15. The Morgan fingerprint density at radius 3 is 2.47 bits per heavy atom. The molecule has 7 heteroatoms. The summed E-state index contributed by atoms with van der Waals surface area (Å²) in [5.41, 5.74) is 3.82. The first kappa shape index (κ1) is 21.6. The molecule has 0 saturated carbocycles. The van der Waals surface area contributed by atoms with Crippen LogP contribution < -0.4 is 10.6 Å². The summed E-state index contributed by atoms with van der Waals surface area (Å²) in [4.78, 5) is 29.6. The maximum atomic E-state index is 12.9. The van der Waals surface area contributed by atoms with Crippen molar-refractivity contribution in [3.63, 3.8) is 0 Å². The topological polar surface area (TPSA) is 84.2 Å². The summed E-state index contributed by atoms with van der Waals surface area (Å²) >= 11 is 1.47. The number of aromatic nitrogens is 1. The quantitative estimate of drug-likeness (QED) is 0.343. The van der Waals surface area contributed by atoms with Crippen LogP contribution in [0.3, 0.4) is 0 Å². The Morgan fingerprint density at radius 1 is 0.969 bits per heavy atom. The highest BCUT2D eigenvalue weighted by atomic mass is 32.2. The van der Waals surface area contributed by atoms with Crippen LogP contribution in [0, 0.1) is 0 Å². The number of carbonyl (C=O) groups excluding carboxylic acids is 2. The van der Waals surface area contributed by atoms with E-state index in [9.17, 15) is 9.59 Å². The maximum absolute atomic E-state index is 12.9. The summed E-state index contributed by atoms with van der Waals surface area (Å²) in [6.45, 7) is 3.45. The van der Waals surface area contributed by atoms with Crippen LogP contribution in [0.1, 0.15) is 20.3 Å². The van der Waals surface area contributed by atoms with Gasteiger partial charge in [-0.1, -0.05) is 25.1 Å². The van der Waals surface area contributed by atoms with Gasteiger partial charge in [0.2, 0.25) is 17.7 Å². The highest BCUT2D eigenvalue weighted by Gasteiger charge is 2.18. The first-order valence-corrected chi connectivity index (χ1v) is 11.2. The molecule has 2 amide bonds. The number of para-hydroxylation sites is 2. The third kappa shape index (κ3) is 5.18. The minimum absolute atomic E-state index is 0.0722. The molecule has 0 radical (unpaired) electrons. The predicted octanol–water partition coefficient (Wildman–Crippen LogP) is 5.96. The summed E-state index contributed by atoms with van der Waals surface area (Å²) in [6, 6.07) is 22.6. The molecule has 6 nitrogen and oxygen atoms in total. The Labute approximate surface area is 190 Å². The molecule has 4 rings (SSSR count). The Bertz CT molecular complexity index is 1220. The molecule has 1 atom stereocenters. The van der Waals surface area contributed by atoms with Crippen LogP contribution in [0.15, 0.2) is 82.1 Å². The molecule has 0 aliphatic carbocycles. The van der Waals surface area contributed by atoms with Gasteiger partial charge in [0.05, 0.1) is 5.25 Å². The second-order valence-corrected chi connectivity index (χ2v) is 8.55. The van der Waals surface area contributed by atoms with Gasteiger partial charge in [0.15, 0.2) is 5.58 Å². The number of thioether (sulfide) groups is 1. The molecule has 1 aromatic heterocycles. The number of amides is 2. The van der Waals surface area contributed by atoms with Crippen molar-refractivity contribution < 1.29 is 14.0 Å². The van der Waals surface area contributed by atoms with Crippen LogP contribution in [0.5, 0.6) is 0 Å². The summed E-state index contributed by atoms with van der Waals surface area (Å²) in [5.74, 6) is 0.348. The average molecular weight is 446 g/mol. The Hall–Kier alpha value is -3.58. The van der Waals surface area contributed by atoms with Gasteiger partial charge in [0.1, 0.15) is 5.52 Å². The van der Waals surface area contributed by atoms with Gasteiger partial charge in [0.25, 0.3) is 0 Å². The van der Waals surface area contributed by atoms with Gasteiger partial charge in [-0.3, -0.25) is 9.59 Å². The summed E-state index contributed by atoms with van der Waals surface area (Å²) in [7, 11) is 0. The van der Waals surface area contributed by atoms with Crippen LogP contribution >= 0.6 is 11.8 Å². The van der Waals surface area contributed by atoms with Gasteiger partial charge < -0.3 is 15.1 Å². The molecule has 0 fully saturated rings. The van der Waals surface area contributed by atoms with Crippen molar-refractivity contribution in [2.75, 3.05) is 10.6 Å². The second kappa shape index (κ2) is 9.70. The van der Waals surface area contributed by atoms with Crippen molar-refractivity contribution >= 4 is 46.1 Å². The standard InChI is InChI=1S/C25H23N3O3S/c1-3-23(32-20-8-6-7-19(15-20)26-16(2)29)24(30)27-18-13-11-17(12-14-18)25-28-21-9-4-5-10-22(21)31-25/h4-15,23H,3H2,1-2H3,(H,26,29)(H,27,30). The van der Waals surface area contributed by atoms with Gasteiger partial charge in [-0.05, 0) is 61.0 Å². The van der Waals surface area contributed by atoms with Crippen molar-refractivity contribution in [2.45, 2.75) is 30.4 Å². The monoisotopic (exact) mass is 445 g/mol. The third-order valence-electron chi connectivity index (χ3n) is 4.79. The lowest BCUT2D eigenvalue weighted by atomic mass is 10.2. The molecule has 0 saturated heterocycles. The molecular formula is C25H23N3O3S. The highest BCUT2D eigenvalue weighted by Crippen LogP contribution is 2.29. The fraction of sp³-hybridized carbons (Fsp3) is 0.160. The summed E-state index contributed by atoms with van der Waals surface area (Å²) in [5, 5.41) is 5.49. The van der Waals surface area contributed by atoms with Gasteiger partial charge in [0, 0.05) is 28.8 Å². The molecule has 0 aliphatic rings. The number of nitrogens with one attached hydrogen (secondary N) is 2. The fourth-order valence-electron chi connectivity index (χ4n) is 3.25. The van der Waals surface area contributed by atoms with E-state index in [1.165, 1.54) is 18.7 Å². The highest BCUT2D eigenvalue weighted by molar-refractivity contribution is 8.00. The van der Waals surface area contributed by atoms with Crippen LogP contribution in [-0.4, -0.2) is 22.0 Å². The van der Waals surface area contributed by atoms with Gasteiger partial charge in [-0.2, -0.15) is 0 Å². The van der Waals surface area contributed by atoms with E-state index >= 15 is 0 Å². The normalized spacial score (nSPS) is 11.8. The zero-order valence-corrected chi connectivity index (χ0v) is 18.6. The number of rotatable bonds is 7. The molecule has 1 heterocycles. The van der Waals surface area contributed by atoms with E-state index in [-0.39, 0.29) is 17.1 Å². The van der Waals surface area contributed by atoms with Crippen LogP contribution in [-0.2, 0) is 9.59 Å². The van der Waals surface area contributed by atoms with Crippen molar-refractivity contribution in [3.8, 4) is 11.5 Å². The SMILES string of the molecule is CCC(Sc1cccc(NC(C)=O)c1)C(=O)Nc1ccc(-c2nc3ccccc3o2)cc1. The van der Waals surface area contributed by atoms with Crippen molar-refractivity contribution in [3.05, 3.63) is 72.8 Å². The van der Waals surface area contributed by atoms with Crippen molar-refractivity contribution in [1.29, 1.82) is 0 Å².